The molecule has 0 spiro atoms. The first-order valence-corrected chi connectivity index (χ1v) is 7.14. The van der Waals surface area contributed by atoms with E-state index in [9.17, 15) is 4.79 Å². The van der Waals surface area contributed by atoms with Gasteiger partial charge in [-0.05, 0) is 37.6 Å². The summed E-state index contributed by atoms with van der Waals surface area (Å²) in [5.74, 6) is -0.163. The third-order valence-electron chi connectivity index (χ3n) is 3.16. The van der Waals surface area contributed by atoms with Crippen LogP contribution >= 0.6 is 11.3 Å². The van der Waals surface area contributed by atoms with Crippen LogP contribution in [0.1, 0.15) is 27.9 Å². The fourth-order valence-corrected chi connectivity index (χ4v) is 2.92. The summed E-state index contributed by atoms with van der Waals surface area (Å²) >= 11 is 1.69. The van der Waals surface area contributed by atoms with Crippen molar-refractivity contribution >= 4 is 17.2 Å². The van der Waals surface area contributed by atoms with E-state index in [1.54, 1.807) is 28.0 Å². The lowest BCUT2D eigenvalue weighted by atomic mass is 10.2. The summed E-state index contributed by atoms with van der Waals surface area (Å²) in [4.78, 5) is 14.8. The van der Waals surface area contributed by atoms with Gasteiger partial charge in [-0.3, -0.25) is 4.79 Å². The molecule has 106 valence electrons. The number of nitrogens with zero attached hydrogens (tertiary/aromatic N) is 2. The monoisotopic (exact) mass is 291 g/mol. The number of aromatic nitrogens is 1. The second-order valence-corrected chi connectivity index (χ2v) is 5.74. The van der Waals surface area contributed by atoms with Gasteiger partial charge in [0.1, 0.15) is 0 Å². The van der Waals surface area contributed by atoms with Crippen molar-refractivity contribution in [3.05, 3.63) is 55.6 Å². The first-order valence-electron chi connectivity index (χ1n) is 6.32. The number of amidine groups is 1. The van der Waals surface area contributed by atoms with E-state index >= 15 is 0 Å². The molecule has 3 N–H and O–H groups in total. The van der Waals surface area contributed by atoms with Gasteiger partial charge in [0.2, 0.25) is 0 Å². The Morgan fingerprint density at radius 1 is 1.35 bits per heavy atom. The predicted octanol–water partition coefficient (Wildman–Crippen LogP) is 1.92. The van der Waals surface area contributed by atoms with Crippen LogP contribution in [0.5, 0.6) is 0 Å². The van der Waals surface area contributed by atoms with E-state index in [4.69, 9.17) is 10.9 Å². The van der Waals surface area contributed by atoms with E-state index in [0.29, 0.717) is 6.54 Å². The lowest BCUT2D eigenvalue weighted by molar-refractivity contribution is 0.318. The van der Waals surface area contributed by atoms with Crippen LogP contribution in [-0.4, -0.2) is 15.6 Å². The van der Waals surface area contributed by atoms with Crippen molar-refractivity contribution in [2.45, 2.75) is 26.8 Å². The van der Waals surface area contributed by atoms with Crippen molar-refractivity contribution in [3.8, 4) is 0 Å². The summed E-state index contributed by atoms with van der Waals surface area (Å²) in [6.45, 7) is 4.47. The van der Waals surface area contributed by atoms with Gasteiger partial charge in [0.15, 0.2) is 5.84 Å². The zero-order chi connectivity index (χ0) is 14.7. The molecular formula is C14H17N3O2S. The van der Waals surface area contributed by atoms with Crippen LogP contribution in [0.25, 0.3) is 0 Å². The molecule has 6 heteroatoms. The van der Waals surface area contributed by atoms with Gasteiger partial charge in [0.05, 0.1) is 12.1 Å². The van der Waals surface area contributed by atoms with E-state index in [1.807, 2.05) is 13.0 Å². The standard InChI is InChI=1S/C14H17N3O2S/c1-3-10-5-6-11(20-10)8-17-9(2)4-7-12(14(17)18)13(15)16-19/h4-7,19H,3,8H2,1-2H3,(H2,15,16). The highest BCUT2D eigenvalue weighted by molar-refractivity contribution is 7.11. The molecule has 0 saturated carbocycles. The summed E-state index contributed by atoms with van der Waals surface area (Å²) in [7, 11) is 0. The molecule has 2 aromatic heterocycles. The number of thiophene rings is 1. The van der Waals surface area contributed by atoms with Crippen molar-refractivity contribution < 1.29 is 5.21 Å². The number of aryl methyl sites for hydroxylation is 2. The van der Waals surface area contributed by atoms with E-state index in [-0.39, 0.29) is 17.0 Å². The quantitative estimate of drug-likeness (QED) is 0.391. The number of hydrogen-bond donors (Lipinski definition) is 2. The Morgan fingerprint density at radius 3 is 2.65 bits per heavy atom. The maximum Gasteiger partial charge on any atom is 0.262 e. The Morgan fingerprint density at radius 2 is 2.05 bits per heavy atom. The Bertz CT molecular complexity index is 701. The second-order valence-electron chi connectivity index (χ2n) is 4.49. The zero-order valence-corrected chi connectivity index (χ0v) is 12.3. The number of oxime groups is 1. The molecule has 2 rings (SSSR count). The van der Waals surface area contributed by atoms with Crippen molar-refractivity contribution in [3.63, 3.8) is 0 Å². The zero-order valence-electron chi connectivity index (χ0n) is 11.5. The average Bonchev–Trinajstić information content (AvgIpc) is 2.90. The third-order valence-corrected chi connectivity index (χ3v) is 4.37. The normalized spacial score (nSPS) is 11.8. The van der Waals surface area contributed by atoms with Crippen LogP contribution < -0.4 is 11.3 Å². The van der Waals surface area contributed by atoms with Gasteiger partial charge in [-0.25, -0.2) is 0 Å². The molecule has 0 saturated heterocycles. The van der Waals surface area contributed by atoms with Gasteiger partial charge in [-0.15, -0.1) is 11.3 Å². The van der Waals surface area contributed by atoms with Crippen LogP contribution in [0, 0.1) is 6.92 Å². The van der Waals surface area contributed by atoms with E-state index in [2.05, 4.69) is 18.1 Å². The van der Waals surface area contributed by atoms with E-state index in [1.165, 1.54) is 4.88 Å². The largest absolute Gasteiger partial charge is 0.409 e. The molecule has 0 aromatic carbocycles. The van der Waals surface area contributed by atoms with Gasteiger partial charge in [-0.1, -0.05) is 12.1 Å². The van der Waals surface area contributed by atoms with Gasteiger partial charge in [-0.2, -0.15) is 0 Å². The number of hydrogen-bond acceptors (Lipinski definition) is 4. The SMILES string of the molecule is CCc1ccc(Cn2c(C)ccc(/C(N)=N/O)c2=O)s1. The van der Waals surface area contributed by atoms with Gasteiger partial charge < -0.3 is 15.5 Å². The Balaban J connectivity index is 2.43. The van der Waals surface area contributed by atoms with Crippen molar-refractivity contribution in [2.24, 2.45) is 10.9 Å². The topological polar surface area (TPSA) is 80.6 Å². The highest BCUT2D eigenvalue weighted by Crippen LogP contribution is 2.18. The molecule has 0 bridgehead atoms. The fourth-order valence-electron chi connectivity index (χ4n) is 1.97. The molecule has 2 aromatic rings. The molecule has 0 atom stereocenters. The molecule has 2 heterocycles. The molecular weight excluding hydrogens is 274 g/mol. The Labute approximate surface area is 121 Å². The smallest absolute Gasteiger partial charge is 0.262 e. The van der Waals surface area contributed by atoms with Gasteiger partial charge >= 0.3 is 0 Å². The molecule has 5 nitrogen and oxygen atoms in total. The van der Waals surface area contributed by atoms with Crippen molar-refractivity contribution in [1.29, 1.82) is 0 Å². The highest BCUT2D eigenvalue weighted by atomic mass is 32.1. The lowest BCUT2D eigenvalue weighted by Crippen LogP contribution is -2.31. The first-order chi connectivity index (χ1) is 9.56. The summed E-state index contributed by atoms with van der Waals surface area (Å²) in [5.41, 5.74) is 6.34. The van der Waals surface area contributed by atoms with Crippen molar-refractivity contribution in [2.75, 3.05) is 0 Å². The summed E-state index contributed by atoms with van der Waals surface area (Å²) in [6, 6.07) is 7.48. The Hall–Kier alpha value is -2.08. The molecule has 0 unspecified atom stereocenters. The van der Waals surface area contributed by atoms with Gasteiger partial charge in [0.25, 0.3) is 5.56 Å². The molecule has 0 aliphatic heterocycles. The van der Waals surface area contributed by atoms with Crippen LogP contribution in [0.15, 0.2) is 34.2 Å². The fraction of sp³-hybridized carbons (Fsp3) is 0.286. The maximum atomic E-state index is 12.4. The van der Waals surface area contributed by atoms with Crippen molar-refractivity contribution in [1.82, 2.24) is 4.57 Å². The number of rotatable bonds is 4. The summed E-state index contributed by atoms with van der Waals surface area (Å²) < 4.78 is 1.64. The van der Waals surface area contributed by atoms with Crippen LogP contribution in [0.3, 0.4) is 0 Å². The summed E-state index contributed by atoms with van der Waals surface area (Å²) in [5, 5.41) is 11.6. The molecule has 0 fully saturated rings. The Kier molecular flexibility index (Phi) is 4.24. The van der Waals surface area contributed by atoms with E-state index in [0.717, 1.165) is 17.0 Å². The third kappa shape index (κ3) is 2.75. The minimum atomic E-state index is -0.244. The molecule has 20 heavy (non-hydrogen) atoms. The lowest BCUT2D eigenvalue weighted by Gasteiger charge is -2.10. The minimum Gasteiger partial charge on any atom is -0.409 e. The van der Waals surface area contributed by atoms with E-state index < -0.39 is 0 Å². The second kappa shape index (κ2) is 5.92. The number of pyridine rings is 1. The number of nitrogens with two attached hydrogens (primary N) is 1. The first kappa shape index (κ1) is 14.3. The highest BCUT2D eigenvalue weighted by Gasteiger charge is 2.11. The van der Waals surface area contributed by atoms with Crippen LogP contribution in [0.2, 0.25) is 0 Å². The molecule has 0 amide bonds. The van der Waals surface area contributed by atoms with Crippen LogP contribution in [0.4, 0.5) is 0 Å². The van der Waals surface area contributed by atoms with Gasteiger partial charge in [0, 0.05) is 15.4 Å². The predicted molar refractivity (Wildman–Crippen MR) is 80.7 cm³/mol. The summed E-state index contributed by atoms with van der Waals surface area (Å²) in [6.07, 6.45) is 0.989. The molecule has 0 radical (unpaired) electrons. The van der Waals surface area contributed by atoms with Crippen LogP contribution in [-0.2, 0) is 13.0 Å². The maximum absolute atomic E-state index is 12.4. The average molecular weight is 291 g/mol. The molecule has 0 aliphatic rings. The minimum absolute atomic E-state index is 0.163. The molecule has 0 aliphatic carbocycles.